The van der Waals surface area contributed by atoms with E-state index in [1.807, 2.05) is 11.5 Å². The van der Waals surface area contributed by atoms with Gasteiger partial charge in [0.15, 0.2) is 5.16 Å². The Bertz CT molecular complexity index is 1360. The van der Waals surface area contributed by atoms with Crippen LogP contribution in [0.2, 0.25) is 0 Å². The molecule has 0 spiro atoms. The number of ether oxygens (including phenoxy) is 1. The maximum atomic E-state index is 13.0. The first-order valence-corrected chi connectivity index (χ1v) is 13.2. The number of carbonyl (C=O) groups is 1. The summed E-state index contributed by atoms with van der Waals surface area (Å²) in [6.07, 6.45) is 0. The first-order chi connectivity index (χ1) is 16.3. The predicted molar refractivity (Wildman–Crippen MR) is 130 cm³/mol. The molecule has 1 atom stereocenters. The third-order valence-corrected chi connectivity index (χ3v) is 8.55. The van der Waals surface area contributed by atoms with Crippen LogP contribution in [0.25, 0.3) is 11.0 Å². The SMILES string of the molecule is CCn1c(SC(C)C(=O)Nc2ccccc2C#N)nc2cc(S(=O)(=O)N3CCOCC3)ccc21. The molecule has 1 unspecified atom stereocenters. The summed E-state index contributed by atoms with van der Waals surface area (Å²) in [6, 6.07) is 13.8. The normalized spacial score (nSPS) is 15.7. The summed E-state index contributed by atoms with van der Waals surface area (Å²) in [6.45, 7) is 5.76. The molecule has 9 nitrogen and oxygen atoms in total. The zero-order valence-corrected chi connectivity index (χ0v) is 20.5. The lowest BCUT2D eigenvalue weighted by Gasteiger charge is -2.26. The molecule has 2 heterocycles. The van der Waals surface area contributed by atoms with Crippen LogP contribution in [-0.2, 0) is 26.1 Å². The van der Waals surface area contributed by atoms with Gasteiger partial charge in [-0.1, -0.05) is 23.9 Å². The molecule has 1 fully saturated rings. The molecule has 1 aliphatic heterocycles. The van der Waals surface area contributed by atoms with Gasteiger partial charge in [0.05, 0.1) is 45.6 Å². The molecule has 34 heavy (non-hydrogen) atoms. The molecular weight excluding hydrogens is 474 g/mol. The van der Waals surface area contributed by atoms with E-state index in [-0.39, 0.29) is 10.8 Å². The quantitative estimate of drug-likeness (QED) is 0.497. The Morgan fingerprint density at radius 1 is 1.26 bits per heavy atom. The monoisotopic (exact) mass is 499 g/mol. The molecule has 0 aliphatic carbocycles. The molecule has 0 saturated carbocycles. The summed E-state index contributed by atoms with van der Waals surface area (Å²) in [4.78, 5) is 17.6. The van der Waals surface area contributed by atoms with Crippen molar-refractivity contribution >= 4 is 44.4 Å². The number of anilines is 1. The number of carbonyl (C=O) groups excluding carboxylic acids is 1. The summed E-state index contributed by atoms with van der Waals surface area (Å²) < 4.78 is 34.7. The maximum absolute atomic E-state index is 13.0. The number of nitrogens with one attached hydrogen (secondary N) is 1. The van der Waals surface area contributed by atoms with Gasteiger partial charge in [-0.15, -0.1) is 0 Å². The number of morpholine rings is 1. The minimum absolute atomic E-state index is 0.193. The van der Waals surface area contributed by atoms with Gasteiger partial charge >= 0.3 is 0 Å². The summed E-state index contributed by atoms with van der Waals surface area (Å²) in [5.41, 5.74) is 2.21. The molecule has 178 valence electrons. The van der Waals surface area contributed by atoms with Crippen LogP contribution < -0.4 is 5.32 Å². The van der Waals surface area contributed by atoms with Crippen molar-refractivity contribution in [3.8, 4) is 6.07 Å². The van der Waals surface area contributed by atoms with Crippen molar-refractivity contribution < 1.29 is 17.9 Å². The Balaban J connectivity index is 1.57. The summed E-state index contributed by atoms with van der Waals surface area (Å²) in [7, 11) is -3.63. The number of aromatic nitrogens is 2. The lowest BCUT2D eigenvalue weighted by atomic mass is 10.2. The van der Waals surface area contributed by atoms with Gasteiger partial charge in [0, 0.05) is 19.6 Å². The van der Waals surface area contributed by atoms with Gasteiger partial charge in [0.25, 0.3) is 0 Å². The average molecular weight is 500 g/mol. The molecule has 1 amide bonds. The van der Waals surface area contributed by atoms with Gasteiger partial charge in [0.2, 0.25) is 15.9 Å². The number of hydrogen-bond acceptors (Lipinski definition) is 7. The second kappa shape index (κ2) is 10.1. The fourth-order valence-electron chi connectivity index (χ4n) is 3.72. The number of thioether (sulfide) groups is 1. The Labute approximate surface area is 202 Å². The number of imidazole rings is 1. The number of benzene rings is 2. The second-order valence-corrected chi connectivity index (χ2v) is 11.0. The van der Waals surface area contributed by atoms with Crippen molar-refractivity contribution in [3.63, 3.8) is 0 Å². The van der Waals surface area contributed by atoms with Crippen LogP contribution in [0.1, 0.15) is 19.4 Å². The second-order valence-electron chi connectivity index (χ2n) is 7.71. The fourth-order valence-corrected chi connectivity index (χ4v) is 6.13. The van der Waals surface area contributed by atoms with Gasteiger partial charge in [-0.3, -0.25) is 4.79 Å². The Hall–Kier alpha value is -2.91. The van der Waals surface area contributed by atoms with Crippen LogP contribution in [0.5, 0.6) is 0 Å². The number of nitriles is 1. The molecule has 1 N–H and O–H groups in total. The summed E-state index contributed by atoms with van der Waals surface area (Å²) in [5.74, 6) is -0.252. The van der Waals surface area contributed by atoms with Crippen molar-refractivity contribution in [1.82, 2.24) is 13.9 Å². The van der Waals surface area contributed by atoms with Crippen molar-refractivity contribution in [1.29, 1.82) is 5.26 Å². The van der Waals surface area contributed by atoms with E-state index in [1.54, 1.807) is 49.4 Å². The van der Waals surface area contributed by atoms with E-state index < -0.39 is 15.3 Å². The minimum Gasteiger partial charge on any atom is -0.379 e. The minimum atomic E-state index is -3.63. The van der Waals surface area contributed by atoms with Crippen LogP contribution >= 0.6 is 11.8 Å². The van der Waals surface area contributed by atoms with E-state index in [0.29, 0.717) is 54.8 Å². The highest BCUT2D eigenvalue weighted by Crippen LogP contribution is 2.30. The number of hydrogen-bond donors (Lipinski definition) is 1. The van der Waals surface area contributed by atoms with Gasteiger partial charge in [-0.2, -0.15) is 9.57 Å². The molecule has 0 bridgehead atoms. The zero-order chi connectivity index (χ0) is 24.3. The fraction of sp³-hybridized carbons (Fsp3) is 0.348. The van der Waals surface area contributed by atoms with Crippen molar-refractivity contribution in [3.05, 3.63) is 48.0 Å². The van der Waals surface area contributed by atoms with E-state index in [0.717, 1.165) is 5.52 Å². The lowest BCUT2D eigenvalue weighted by Crippen LogP contribution is -2.40. The van der Waals surface area contributed by atoms with Crippen LogP contribution in [0.3, 0.4) is 0 Å². The maximum Gasteiger partial charge on any atom is 0.243 e. The van der Waals surface area contributed by atoms with E-state index in [9.17, 15) is 18.5 Å². The Morgan fingerprint density at radius 2 is 2.00 bits per heavy atom. The molecule has 0 radical (unpaired) electrons. The first-order valence-electron chi connectivity index (χ1n) is 10.9. The van der Waals surface area contributed by atoms with Crippen LogP contribution in [0.4, 0.5) is 5.69 Å². The molecule has 1 aromatic heterocycles. The van der Waals surface area contributed by atoms with E-state index in [1.165, 1.54) is 16.1 Å². The highest BCUT2D eigenvalue weighted by Gasteiger charge is 2.27. The number of nitrogens with zero attached hydrogens (tertiary/aromatic N) is 4. The van der Waals surface area contributed by atoms with E-state index in [4.69, 9.17) is 4.74 Å². The first kappa shape index (κ1) is 24.2. The molecule has 11 heteroatoms. The third-order valence-electron chi connectivity index (χ3n) is 5.57. The van der Waals surface area contributed by atoms with Gasteiger partial charge in [0.1, 0.15) is 6.07 Å². The zero-order valence-electron chi connectivity index (χ0n) is 18.9. The summed E-state index contributed by atoms with van der Waals surface area (Å²) in [5, 5.41) is 12.2. The number of fused-ring (bicyclic) bond motifs is 1. The molecular formula is C23H25N5O4S2. The average Bonchev–Trinajstić information content (AvgIpc) is 3.20. The van der Waals surface area contributed by atoms with Gasteiger partial charge < -0.3 is 14.6 Å². The third kappa shape index (κ3) is 4.81. The van der Waals surface area contributed by atoms with Gasteiger partial charge in [-0.05, 0) is 44.2 Å². The number of sulfonamides is 1. The van der Waals surface area contributed by atoms with Crippen LogP contribution in [-0.4, -0.2) is 59.7 Å². The van der Waals surface area contributed by atoms with Crippen molar-refractivity contribution in [2.24, 2.45) is 0 Å². The number of rotatable bonds is 7. The highest BCUT2D eigenvalue weighted by atomic mass is 32.2. The lowest BCUT2D eigenvalue weighted by molar-refractivity contribution is -0.115. The Kier molecular flexibility index (Phi) is 7.23. The molecule has 1 saturated heterocycles. The summed E-state index contributed by atoms with van der Waals surface area (Å²) >= 11 is 1.28. The highest BCUT2D eigenvalue weighted by molar-refractivity contribution is 8.00. The standard InChI is InChI=1S/C23H25N5O4S2/c1-3-28-21-9-8-18(34(30,31)27-10-12-32-13-11-27)14-20(21)26-23(28)33-16(2)22(29)25-19-7-5-4-6-17(19)15-24/h4-9,14,16H,3,10-13H2,1-2H3,(H,25,29). The van der Waals surface area contributed by atoms with Crippen LogP contribution in [0, 0.1) is 11.3 Å². The largest absolute Gasteiger partial charge is 0.379 e. The molecule has 3 aromatic rings. The molecule has 2 aromatic carbocycles. The smallest absolute Gasteiger partial charge is 0.243 e. The molecule has 4 rings (SSSR count). The van der Waals surface area contributed by atoms with Crippen molar-refractivity contribution in [2.45, 2.75) is 35.7 Å². The predicted octanol–water partition coefficient (Wildman–Crippen LogP) is 3.07. The van der Waals surface area contributed by atoms with E-state index in [2.05, 4.69) is 16.4 Å². The Morgan fingerprint density at radius 3 is 2.71 bits per heavy atom. The number of aryl methyl sites for hydroxylation is 1. The number of amides is 1. The molecule has 1 aliphatic rings. The topological polar surface area (TPSA) is 117 Å². The van der Waals surface area contributed by atoms with Gasteiger partial charge in [-0.25, -0.2) is 13.4 Å². The van der Waals surface area contributed by atoms with Crippen LogP contribution in [0.15, 0.2) is 52.5 Å². The van der Waals surface area contributed by atoms with Crippen molar-refractivity contribution in [2.75, 3.05) is 31.6 Å². The van der Waals surface area contributed by atoms with E-state index >= 15 is 0 Å². The number of para-hydroxylation sites is 1.